The van der Waals surface area contributed by atoms with E-state index in [9.17, 15) is 35.5 Å². The number of rotatable bonds is 11. The lowest BCUT2D eigenvalue weighted by Gasteiger charge is -2.29. The van der Waals surface area contributed by atoms with Crippen molar-refractivity contribution < 1.29 is 40.2 Å². The summed E-state index contributed by atoms with van der Waals surface area (Å²) in [6.45, 7) is 0.808. The number of alkyl halides is 5. The molecule has 1 fully saturated rings. The lowest BCUT2D eigenvalue weighted by atomic mass is 9.86. The predicted octanol–water partition coefficient (Wildman–Crippen LogP) is 5.02. The van der Waals surface area contributed by atoms with Crippen LogP contribution >= 0.6 is 11.6 Å². The molecule has 1 aliphatic rings. The van der Waals surface area contributed by atoms with E-state index in [0.717, 1.165) is 26.1 Å². The molecular formula is C24H30ClF5N5O4S-. The van der Waals surface area contributed by atoms with Gasteiger partial charge in [0.05, 0.1) is 21.7 Å². The van der Waals surface area contributed by atoms with Crippen molar-refractivity contribution in [1.82, 2.24) is 24.8 Å². The highest BCUT2D eigenvalue weighted by Crippen LogP contribution is 2.42. The lowest BCUT2D eigenvalue weighted by molar-refractivity contribution is -0.211. The van der Waals surface area contributed by atoms with Gasteiger partial charge in [0.15, 0.2) is 5.69 Å². The molecule has 2 aromatic rings. The van der Waals surface area contributed by atoms with E-state index in [1.54, 1.807) is 6.92 Å². The average Bonchev–Trinajstić information content (AvgIpc) is 3.18. The molecule has 0 aliphatic heterocycles. The standard InChI is InChI=1S/C24H31ClF5N5O4S/c1-4-35-20(16-12-31-15(9-17(16)39-22(26)27)10-23(2,3)24(28,29)30)18(25)19(33-35)21(36)32-11-13-5-7-14(8-6-13)34-40(37)38/h9,12-14,22,34H,4-8,10-11H2,1-3H3,(H,32,36)(H,37,38)/p-1. The summed E-state index contributed by atoms with van der Waals surface area (Å²) in [7, 11) is 0. The van der Waals surface area contributed by atoms with Crippen LogP contribution in [-0.4, -0.2) is 54.8 Å². The number of amides is 1. The Kier molecular flexibility index (Phi) is 10.5. The molecule has 0 saturated heterocycles. The molecule has 1 amide bonds. The van der Waals surface area contributed by atoms with E-state index in [1.165, 1.54) is 4.68 Å². The first kappa shape index (κ1) is 32.2. The van der Waals surface area contributed by atoms with Gasteiger partial charge in [-0.2, -0.15) is 27.1 Å². The fraction of sp³-hybridized carbons (Fsp3) is 0.625. The van der Waals surface area contributed by atoms with Gasteiger partial charge in [0.2, 0.25) is 0 Å². The van der Waals surface area contributed by atoms with Crippen molar-refractivity contribution in [3.8, 4) is 17.0 Å². The molecule has 1 saturated carbocycles. The Morgan fingerprint density at radius 2 is 1.93 bits per heavy atom. The molecule has 0 radical (unpaired) electrons. The van der Waals surface area contributed by atoms with Crippen LogP contribution in [0.4, 0.5) is 22.0 Å². The topological polar surface area (TPSA) is 121 Å². The Balaban J connectivity index is 1.83. The maximum Gasteiger partial charge on any atom is 0.394 e. The van der Waals surface area contributed by atoms with Crippen molar-refractivity contribution in [3.63, 3.8) is 0 Å². The zero-order valence-electron chi connectivity index (χ0n) is 22.0. The Labute approximate surface area is 235 Å². The van der Waals surface area contributed by atoms with Gasteiger partial charge in [-0.05, 0) is 38.5 Å². The van der Waals surface area contributed by atoms with Crippen molar-refractivity contribution in [1.29, 1.82) is 0 Å². The molecule has 0 spiro atoms. The third-order valence-corrected chi connectivity index (χ3v) is 7.74. The molecular weight excluding hydrogens is 585 g/mol. The molecule has 0 aromatic carbocycles. The Bertz CT molecular complexity index is 1220. The molecule has 2 N–H and O–H groups in total. The SMILES string of the molecule is CCn1nc(C(=O)NCC2CCC(NS(=O)[O-])CC2)c(Cl)c1-c1cnc(CC(C)(C)C(F)(F)F)cc1OC(F)F. The first-order valence-corrected chi connectivity index (χ1v) is 14.0. The van der Waals surface area contributed by atoms with Crippen molar-refractivity contribution in [3.05, 3.63) is 28.7 Å². The van der Waals surface area contributed by atoms with Crippen molar-refractivity contribution in [2.45, 2.75) is 78.2 Å². The molecule has 2 heterocycles. The number of carbonyl (C=O) groups excluding carboxylic acids is 1. The van der Waals surface area contributed by atoms with Crippen LogP contribution in [-0.2, 0) is 24.2 Å². The monoisotopic (exact) mass is 614 g/mol. The third-order valence-electron chi connectivity index (χ3n) is 6.85. The number of hydrogen-bond acceptors (Lipinski definition) is 6. The van der Waals surface area contributed by atoms with E-state index in [0.29, 0.717) is 32.2 Å². The van der Waals surface area contributed by atoms with Crippen LogP contribution in [0.15, 0.2) is 12.3 Å². The molecule has 9 nitrogen and oxygen atoms in total. The van der Waals surface area contributed by atoms with Gasteiger partial charge in [-0.15, -0.1) is 0 Å². The minimum Gasteiger partial charge on any atom is -0.760 e. The van der Waals surface area contributed by atoms with Crippen LogP contribution in [0, 0.1) is 11.3 Å². The second kappa shape index (κ2) is 13.1. The van der Waals surface area contributed by atoms with Crippen molar-refractivity contribution >= 4 is 28.8 Å². The summed E-state index contributed by atoms with van der Waals surface area (Å²) >= 11 is 4.17. The van der Waals surface area contributed by atoms with Gasteiger partial charge in [-0.25, -0.2) is 4.72 Å². The number of nitrogens with one attached hydrogen (secondary N) is 2. The quantitative estimate of drug-likeness (QED) is 0.271. The van der Waals surface area contributed by atoms with Crippen LogP contribution in [0.2, 0.25) is 5.02 Å². The lowest BCUT2D eigenvalue weighted by Crippen LogP contribution is -2.37. The fourth-order valence-corrected chi connectivity index (χ4v) is 5.34. The second-order valence-electron chi connectivity index (χ2n) is 10.2. The molecule has 0 bridgehead atoms. The molecule has 3 rings (SSSR count). The van der Waals surface area contributed by atoms with Crippen LogP contribution in [0.1, 0.15) is 62.6 Å². The Morgan fingerprint density at radius 1 is 1.27 bits per heavy atom. The third kappa shape index (κ3) is 7.89. The molecule has 1 aliphatic carbocycles. The number of ether oxygens (including phenoxy) is 1. The van der Waals surface area contributed by atoms with E-state index in [-0.39, 0.29) is 46.2 Å². The van der Waals surface area contributed by atoms with Crippen LogP contribution in [0.25, 0.3) is 11.3 Å². The smallest absolute Gasteiger partial charge is 0.394 e. The minimum absolute atomic E-state index is 0.0521. The molecule has 40 heavy (non-hydrogen) atoms. The summed E-state index contributed by atoms with van der Waals surface area (Å²) in [5, 5.41) is 6.83. The zero-order chi connectivity index (χ0) is 29.8. The number of aromatic nitrogens is 3. The summed E-state index contributed by atoms with van der Waals surface area (Å²) in [4.78, 5) is 17.0. The second-order valence-corrected chi connectivity index (χ2v) is 11.3. The predicted molar refractivity (Wildman–Crippen MR) is 136 cm³/mol. The minimum atomic E-state index is -4.56. The number of carbonyl (C=O) groups is 1. The van der Waals surface area contributed by atoms with Gasteiger partial charge in [0, 0.05) is 54.8 Å². The highest BCUT2D eigenvalue weighted by molar-refractivity contribution is 7.77. The van der Waals surface area contributed by atoms with Crippen molar-refractivity contribution in [2.75, 3.05) is 6.54 Å². The van der Waals surface area contributed by atoms with Gasteiger partial charge < -0.3 is 14.6 Å². The highest BCUT2D eigenvalue weighted by atomic mass is 35.5. The van der Waals surface area contributed by atoms with Crippen LogP contribution < -0.4 is 14.8 Å². The first-order chi connectivity index (χ1) is 18.6. The van der Waals surface area contributed by atoms with Crippen LogP contribution in [0.3, 0.4) is 0 Å². The largest absolute Gasteiger partial charge is 0.760 e. The number of aryl methyl sites for hydroxylation is 1. The highest BCUT2D eigenvalue weighted by Gasteiger charge is 2.47. The molecule has 224 valence electrons. The molecule has 1 unspecified atom stereocenters. The normalized spacial score (nSPS) is 19.1. The maximum atomic E-state index is 13.4. The van der Waals surface area contributed by atoms with E-state index in [2.05, 4.69) is 24.9 Å². The van der Waals surface area contributed by atoms with Crippen LogP contribution in [0.5, 0.6) is 5.75 Å². The molecule has 2 aromatic heterocycles. The zero-order valence-corrected chi connectivity index (χ0v) is 23.6. The summed E-state index contributed by atoms with van der Waals surface area (Å²) in [6, 6.07) is 0.859. The van der Waals surface area contributed by atoms with Gasteiger partial charge in [-0.1, -0.05) is 25.4 Å². The van der Waals surface area contributed by atoms with Gasteiger partial charge in [0.1, 0.15) is 5.75 Å². The number of halogens is 6. The average molecular weight is 615 g/mol. The van der Waals surface area contributed by atoms with Gasteiger partial charge >= 0.3 is 12.8 Å². The van der Waals surface area contributed by atoms with Gasteiger partial charge in [0.25, 0.3) is 5.91 Å². The maximum absolute atomic E-state index is 13.4. The fourth-order valence-electron chi connectivity index (χ4n) is 4.51. The molecule has 1 atom stereocenters. The Morgan fingerprint density at radius 3 is 2.48 bits per heavy atom. The van der Waals surface area contributed by atoms with E-state index < -0.39 is 47.5 Å². The Hall–Kier alpha value is -2.36. The molecule has 16 heteroatoms. The summed E-state index contributed by atoms with van der Waals surface area (Å²) in [6.07, 6.45) is -1.43. The number of hydrogen-bond donors (Lipinski definition) is 2. The summed E-state index contributed by atoms with van der Waals surface area (Å²) in [5.74, 6) is -0.949. The first-order valence-electron chi connectivity index (χ1n) is 12.5. The van der Waals surface area contributed by atoms with E-state index in [1.807, 2.05) is 0 Å². The number of pyridine rings is 1. The van der Waals surface area contributed by atoms with Gasteiger partial charge in [-0.3, -0.25) is 18.7 Å². The summed E-state index contributed by atoms with van der Waals surface area (Å²) < 4.78 is 96.7. The van der Waals surface area contributed by atoms with Crippen molar-refractivity contribution in [2.24, 2.45) is 11.3 Å². The summed E-state index contributed by atoms with van der Waals surface area (Å²) in [5.41, 5.74) is -2.47. The number of nitrogens with zero attached hydrogens (tertiary/aromatic N) is 3. The van der Waals surface area contributed by atoms with E-state index >= 15 is 0 Å². The van der Waals surface area contributed by atoms with E-state index in [4.69, 9.17) is 11.6 Å².